The minimum atomic E-state index is -0.792. The van der Waals surface area contributed by atoms with E-state index < -0.39 is 11.6 Å². The maximum Gasteiger partial charge on any atom is 0.144 e. The number of nitrogens with one attached hydrogen (secondary N) is 1. The Morgan fingerprint density at radius 1 is 0.968 bits per heavy atom. The highest BCUT2D eigenvalue weighted by atomic mass is 35.5. The van der Waals surface area contributed by atoms with Gasteiger partial charge in [-0.1, -0.05) is 36.9 Å². The van der Waals surface area contributed by atoms with Gasteiger partial charge in [0.05, 0.1) is 45.9 Å². The van der Waals surface area contributed by atoms with E-state index in [4.69, 9.17) is 16.6 Å². The Balaban J connectivity index is 1.46. The van der Waals surface area contributed by atoms with Crippen LogP contribution in [0.1, 0.15) is 43.4 Å². The molecule has 1 N–H and O–H groups in total. The number of hydrogen-bond donors (Lipinski definition) is 1. The van der Waals surface area contributed by atoms with Crippen LogP contribution in [0.3, 0.4) is 0 Å². The zero-order chi connectivity index (χ0) is 21.4. The van der Waals surface area contributed by atoms with Gasteiger partial charge in [0.1, 0.15) is 11.6 Å². The van der Waals surface area contributed by atoms with Crippen molar-refractivity contribution < 1.29 is 8.78 Å². The number of halogens is 3. The molecule has 0 radical (unpaired) electrons. The molecule has 1 saturated carbocycles. The van der Waals surface area contributed by atoms with Crippen LogP contribution in [0.2, 0.25) is 5.02 Å². The Morgan fingerprint density at radius 3 is 2.65 bits per heavy atom. The Morgan fingerprint density at radius 2 is 1.81 bits per heavy atom. The molecular weight excluding hydrogens is 418 g/mol. The Labute approximate surface area is 184 Å². The number of allylic oxidation sites excluding steroid dienone is 1. The van der Waals surface area contributed by atoms with Crippen LogP contribution in [-0.4, -0.2) is 28.3 Å². The van der Waals surface area contributed by atoms with Gasteiger partial charge in [-0.05, 0) is 37.1 Å². The topological polar surface area (TPSA) is 50.2 Å². The fourth-order valence-corrected chi connectivity index (χ4v) is 4.45. The molecule has 4 nitrogen and oxygen atoms in total. The zero-order valence-electron chi connectivity index (χ0n) is 16.8. The van der Waals surface area contributed by atoms with E-state index in [1.54, 1.807) is 0 Å². The van der Waals surface area contributed by atoms with E-state index in [1.165, 1.54) is 38.2 Å². The van der Waals surface area contributed by atoms with Crippen molar-refractivity contribution in [3.63, 3.8) is 0 Å². The van der Waals surface area contributed by atoms with Crippen LogP contribution in [0, 0.1) is 11.6 Å². The molecule has 0 spiro atoms. The molecule has 2 aliphatic rings. The van der Waals surface area contributed by atoms with Crippen molar-refractivity contribution in [2.45, 2.75) is 38.1 Å². The van der Waals surface area contributed by atoms with Gasteiger partial charge in [0.25, 0.3) is 0 Å². The smallest absolute Gasteiger partial charge is 0.144 e. The molecule has 3 heterocycles. The first-order valence-electron chi connectivity index (χ1n) is 10.5. The highest BCUT2D eigenvalue weighted by Gasteiger charge is 2.22. The van der Waals surface area contributed by atoms with E-state index in [0.29, 0.717) is 29.6 Å². The third-order valence-corrected chi connectivity index (χ3v) is 6.14. The van der Waals surface area contributed by atoms with Crippen LogP contribution in [0.4, 0.5) is 14.5 Å². The monoisotopic (exact) mass is 438 g/mol. The van der Waals surface area contributed by atoms with Crippen molar-refractivity contribution in [3.05, 3.63) is 70.5 Å². The van der Waals surface area contributed by atoms with Gasteiger partial charge < -0.3 is 5.32 Å². The van der Waals surface area contributed by atoms with Crippen molar-refractivity contribution in [1.82, 2.24) is 9.97 Å². The van der Waals surface area contributed by atoms with Gasteiger partial charge in [0.15, 0.2) is 0 Å². The summed E-state index contributed by atoms with van der Waals surface area (Å²) in [7, 11) is 0. The summed E-state index contributed by atoms with van der Waals surface area (Å²) in [5.74, 6) is -1.49. The van der Waals surface area contributed by atoms with Gasteiger partial charge in [-0.25, -0.2) is 13.8 Å². The lowest BCUT2D eigenvalue weighted by molar-refractivity contribution is 0.462. The first kappa shape index (κ1) is 20.1. The number of hydrogen-bond acceptors (Lipinski definition) is 4. The number of fused-ring (bicyclic) bond motifs is 1. The van der Waals surface area contributed by atoms with Crippen LogP contribution < -0.4 is 5.32 Å². The van der Waals surface area contributed by atoms with E-state index >= 15 is 0 Å². The lowest BCUT2D eigenvalue weighted by Gasteiger charge is -2.23. The number of anilines is 1. The van der Waals surface area contributed by atoms with Crippen LogP contribution >= 0.6 is 11.6 Å². The molecule has 0 bridgehead atoms. The summed E-state index contributed by atoms with van der Waals surface area (Å²) in [6.07, 6.45) is 9.88. The highest BCUT2D eigenvalue weighted by Crippen LogP contribution is 2.29. The second kappa shape index (κ2) is 8.35. The fourth-order valence-electron chi connectivity index (χ4n) is 4.29. The fraction of sp³-hybridized carbons (Fsp3) is 0.292. The molecule has 31 heavy (non-hydrogen) atoms. The molecule has 5 rings (SSSR count). The molecule has 158 valence electrons. The Kier molecular flexibility index (Phi) is 5.40. The number of aromatic nitrogens is 2. The van der Waals surface area contributed by atoms with Crippen LogP contribution in [0.25, 0.3) is 16.6 Å². The van der Waals surface area contributed by atoms with Gasteiger partial charge in [0.2, 0.25) is 0 Å². The Hall–Kier alpha value is -2.86. The van der Waals surface area contributed by atoms with Crippen molar-refractivity contribution in [3.8, 4) is 0 Å². The van der Waals surface area contributed by atoms with E-state index in [0.717, 1.165) is 22.8 Å². The molecule has 0 amide bonds. The van der Waals surface area contributed by atoms with Crippen molar-refractivity contribution in [2.75, 3.05) is 11.9 Å². The molecule has 7 heteroatoms. The third-order valence-electron chi connectivity index (χ3n) is 5.85. The molecule has 3 aromatic rings. The second-order valence-electron chi connectivity index (χ2n) is 7.99. The zero-order valence-corrected chi connectivity index (χ0v) is 17.6. The normalized spacial score (nSPS) is 17.0. The van der Waals surface area contributed by atoms with Gasteiger partial charge >= 0.3 is 0 Å². The quantitative estimate of drug-likeness (QED) is 0.494. The summed E-state index contributed by atoms with van der Waals surface area (Å²) in [5.41, 5.74) is 4.46. The summed E-state index contributed by atoms with van der Waals surface area (Å²) in [6.45, 7) is 0.403. The maximum absolute atomic E-state index is 14.5. The standard InChI is InChI=1S/C24H21ClF2N4/c25-18-11-17(19(26)12-20(18)27)24-16(8-9-28-24)21-6-7-22-23(31-21)10-15(13-29-22)30-14-4-2-1-3-5-14/h6-8,10-14,30H,1-5,9H2. The van der Waals surface area contributed by atoms with E-state index in [1.807, 2.05) is 30.5 Å². The molecule has 1 aliphatic carbocycles. The summed E-state index contributed by atoms with van der Waals surface area (Å²) < 4.78 is 28.0. The molecular formula is C24H21ClF2N4. The van der Waals surface area contributed by atoms with E-state index in [9.17, 15) is 8.78 Å². The molecule has 2 aromatic heterocycles. The number of pyridine rings is 2. The number of nitrogens with zero attached hydrogens (tertiary/aromatic N) is 3. The lowest BCUT2D eigenvalue weighted by atomic mass is 9.95. The minimum Gasteiger partial charge on any atom is -0.381 e. The largest absolute Gasteiger partial charge is 0.381 e. The first-order valence-corrected chi connectivity index (χ1v) is 10.9. The van der Waals surface area contributed by atoms with Gasteiger partial charge in [-0.15, -0.1) is 0 Å². The van der Waals surface area contributed by atoms with E-state index in [-0.39, 0.29) is 10.6 Å². The summed E-state index contributed by atoms with van der Waals surface area (Å²) in [6, 6.07) is 8.28. The number of aliphatic imine (C=N–C) groups is 1. The van der Waals surface area contributed by atoms with Crippen molar-refractivity contribution >= 4 is 39.6 Å². The lowest BCUT2D eigenvalue weighted by Crippen LogP contribution is -2.22. The average Bonchev–Trinajstić information content (AvgIpc) is 3.26. The summed E-state index contributed by atoms with van der Waals surface area (Å²) in [5, 5.41) is 3.44. The highest BCUT2D eigenvalue weighted by molar-refractivity contribution is 6.35. The van der Waals surface area contributed by atoms with Gasteiger partial charge in [-0.2, -0.15) is 0 Å². The van der Waals surface area contributed by atoms with Crippen LogP contribution in [0.15, 0.2) is 47.6 Å². The van der Waals surface area contributed by atoms with Gasteiger partial charge in [0, 0.05) is 23.2 Å². The molecule has 1 fully saturated rings. The molecule has 1 aromatic carbocycles. The predicted octanol–water partition coefficient (Wildman–Crippen LogP) is 6.19. The van der Waals surface area contributed by atoms with Crippen molar-refractivity contribution in [1.29, 1.82) is 0 Å². The molecule has 1 aliphatic heterocycles. The predicted molar refractivity (Wildman–Crippen MR) is 121 cm³/mol. The van der Waals surface area contributed by atoms with Crippen molar-refractivity contribution in [2.24, 2.45) is 4.99 Å². The second-order valence-corrected chi connectivity index (χ2v) is 8.40. The van der Waals surface area contributed by atoms with Crippen LogP contribution in [-0.2, 0) is 0 Å². The Bertz CT molecular complexity index is 1220. The minimum absolute atomic E-state index is 0.139. The molecule has 0 unspecified atom stereocenters. The third kappa shape index (κ3) is 4.04. The first-order chi connectivity index (χ1) is 15.1. The average molecular weight is 439 g/mol. The molecule has 0 saturated heterocycles. The van der Waals surface area contributed by atoms with Crippen LogP contribution in [0.5, 0.6) is 0 Å². The molecule has 0 atom stereocenters. The van der Waals surface area contributed by atoms with E-state index in [2.05, 4.69) is 15.3 Å². The SMILES string of the molecule is Fc1cc(F)c(C2=NCC=C2c2ccc3ncc(NC4CCCCC4)cc3n2)cc1Cl. The number of benzene rings is 1. The summed E-state index contributed by atoms with van der Waals surface area (Å²) in [4.78, 5) is 13.7. The maximum atomic E-state index is 14.5. The summed E-state index contributed by atoms with van der Waals surface area (Å²) >= 11 is 5.89. The number of rotatable bonds is 4. The van der Waals surface area contributed by atoms with Gasteiger partial charge in [-0.3, -0.25) is 9.98 Å².